The molecule has 1 amide bonds. The largest absolute Gasteiger partial charge is 0.454 e. The topological polar surface area (TPSA) is 64.8 Å². The number of carbonyl (C=O) groups is 1. The van der Waals surface area contributed by atoms with E-state index in [-0.39, 0.29) is 12.7 Å². The van der Waals surface area contributed by atoms with Crippen molar-refractivity contribution >= 4 is 5.91 Å². The lowest BCUT2D eigenvalue weighted by Gasteiger charge is -2.21. The predicted molar refractivity (Wildman–Crippen MR) is 83.3 cm³/mol. The van der Waals surface area contributed by atoms with Gasteiger partial charge in [0.05, 0.1) is 12.1 Å². The van der Waals surface area contributed by atoms with Crippen molar-refractivity contribution in [3.05, 3.63) is 40.8 Å². The SMILES string of the molecule is CCN(Cc1ccc2c(c1)OCO2)C(=O)Cc1c(C)noc1C. The molecule has 2 heterocycles. The zero-order valence-electron chi connectivity index (χ0n) is 13.6. The van der Waals surface area contributed by atoms with Crippen molar-refractivity contribution in [1.29, 1.82) is 0 Å². The number of carbonyl (C=O) groups excluding carboxylic acids is 1. The third-order valence-electron chi connectivity index (χ3n) is 4.05. The maximum atomic E-state index is 12.6. The van der Waals surface area contributed by atoms with Crippen LogP contribution in [0, 0.1) is 13.8 Å². The van der Waals surface area contributed by atoms with Crippen molar-refractivity contribution < 1.29 is 18.8 Å². The number of fused-ring (bicyclic) bond motifs is 1. The lowest BCUT2D eigenvalue weighted by atomic mass is 10.1. The highest BCUT2D eigenvalue weighted by molar-refractivity contribution is 5.79. The van der Waals surface area contributed by atoms with E-state index in [2.05, 4.69) is 5.16 Å². The van der Waals surface area contributed by atoms with E-state index in [1.807, 2.05) is 43.9 Å². The van der Waals surface area contributed by atoms with Crippen molar-refractivity contribution in [2.24, 2.45) is 0 Å². The van der Waals surface area contributed by atoms with Crippen molar-refractivity contribution in [2.75, 3.05) is 13.3 Å². The molecule has 0 saturated heterocycles. The van der Waals surface area contributed by atoms with E-state index in [1.165, 1.54) is 0 Å². The fraction of sp³-hybridized carbons (Fsp3) is 0.412. The Morgan fingerprint density at radius 3 is 2.74 bits per heavy atom. The minimum atomic E-state index is 0.0552. The quantitative estimate of drug-likeness (QED) is 0.848. The Morgan fingerprint density at radius 1 is 1.26 bits per heavy atom. The van der Waals surface area contributed by atoms with Gasteiger partial charge in [-0.05, 0) is 38.5 Å². The highest BCUT2D eigenvalue weighted by Gasteiger charge is 2.19. The van der Waals surface area contributed by atoms with Crippen LogP contribution in [-0.4, -0.2) is 29.3 Å². The second kappa shape index (κ2) is 6.32. The molecule has 122 valence electrons. The number of benzene rings is 1. The van der Waals surface area contributed by atoms with E-state index in [9.17, 15) is 4.79 Å². The van der Waals surface area contributed by atoms with Crippen LogP contribution in [0.3, 0.4) is 0 Å². The molecule has 1 aliphatic rings. The van der Waals surface area contributed by atoms with E-state index >= 15 is 0 Å². The van der Waals surface area contributed by atoms with Crippen LogP contribution in [-0.2, 0) is 17.8 Å². The molecule has 0 N–H and O–H groups in total. The van der Waals surface area contributed by atoms with E-state index < -0.39 is 0 Å². The number of hydrogen-bond donors (Lipinski definition) is 0. The maximum Gasteiger partial charge on any atom is 0.231 e. The molecule has 1 aromatic carbocycles. The summed E-state index contributed by atoms with van der Waals surface area (Å²) in [6, 6.07) is 5.76. The molecule has 6 nitrogen and oxygen atoms in total. The minimum Gasteiger partial charge on any atom is -0.454 e. The average molecular weight is 316 g/mol. The third kappa shape index (κ3) is 3.16. The Bertz CT molecular complexity index is 704. The number of ether oxygens (including phenoxy) is 2. The standard InChI is InChI=1S/C17H20N2O4/c1-4-19(17(20)8-14-11(2)18-23-12(14)3)9-13-5-6-15-16(7-13)22-10-21-15/h5-7H,4,8-10H2,1-3H3. The molecule has 0 unspecified atom stereocenters. The summed E-state index contributed by atoms with van der Waals surface area (Å²) in [5.41, 5.74) is 2.66. The van der Waals surface area contributed by atoms with Crippen molar-refractivity contribution in [2.45, 2.75) is 33.7 Å². The van der Waals surface area contributed by atoms with Crippen molar-refractivity contribution in [1.82, 2.24) is 10.1 Å². The molecular formula is C17H20N2O4. The van der Waals surface area contributed by atoms with Crippen LogP contribution >= 0.6 is 0 Å². The van der Waals surface area contributed by atoms with Gasteiger partial charge in [0, 0.05) is 18.7 Å². The van der Waals surface area contributed by atoms with Crippen LogP contribution in [0.25, 0.3) is 0 Å². The monoisotopic (exact) mass is 316 g/mol. The fourth-order valence-corrected chi connectivity index (χ4v) is 2.65. The summed E-state index contributed by atoms with van der Waals surface area (Å²) in [6.45, 7) is 7.08. The third-order valence-corrected chi connectivity index (χ3v) is 4.05. The molecule has 0 radical (unpaired) electrons. The zero-order valence-corrected chi connectivity index (χ0v) is 13.6. The van der Waals surface area contributed by atoms with Gasteiger partial charge in [0.2, 0.25) is 12.7 Å². The Morgan fingerprint density at radius 2 is 2.04 bits per heavy atom. The number of likely N-dealkylation sites (N-methyl/N-ethyl adjacent to an activating group) is 1. The lowest BCUT2D eigenvalue weighted by Crippen LogP contribution is -2.31. The smallest absolute Gasteiger partial charge is 0.231 e. The molecule has 0 atom stereocenters. The van der Waals surface area contributed by atoms with Gasteiger partial charge in [-0.3, -0.25) is 4.79 Å². The van der Waals surface area contributed by atoms with Gasteiger partial charge in [0.25, 0.3) is 0 Å². The number of aryl methyl sites for hydroxylation is 2. The van der Waals surface area contributed by atoms with E-state index in [4.69, 9.17) is 14.0 Å². The van der Waals surface area contributed by atoms with Gasteiger partial charge in [-0.2, -0.15) is 0 Å². The zero-order chi connectivity index (χ0) is 16.4. The Balaban J connectivity index is 1.71. The summed E-state index contributed by atoms with van der Waals surface area (Å²) in [6.07, 6.45) is 0.305. The second-order valence-corrected chi connectivity index (χ2v) is 5.58. The first-order valence-corrected chi connectivity index (χ1v) is 7.66. The first-order valence-electron chi connectivity index (χ1n) is 7.66. The summed E-state index contributed by atoms with van der Waals surface area (Å²) in [5, 5.41) is 3.90. The molecule has 0 spiro atoms. The Kier molecular flexibility index (Phi) is 4.23. The summed E-state index contributed by atoms with van der Waals surface area (Å²) >= 11 is 0. The number of aromatic nitrogens is 1. The first kappa shape index (κ1) is 15.4. The molecule has 3 rings (SSSR count). The predicted octanol–water partition coefficient (Wildman–Crippen LogP) is 2.61. The molecule has 2 aromatic rings. The highest BCUT2D eigenvalue weighted by atomic mass is 16.7. The van der Waals surface area contributed by atoms with Crippen LogP contribution in [0.2, 0.25) is 0 Å². The molecule has 1 aromatic heterocycles. The van der Waals surface area contributed by atoms with Gasteiger partial charge >= 0.3 is 0 Å². The van der Waals surface area contributed by atoms with Gasteiger partial charge < -0.3 is 18.9 Å². The minimum absolute atomic E-state index is 0.0552. The summed E-state index contributed by atoms with van der Waals surface area (Å²) in [4.78, 5) is 14.4. The van der Waals surface area contributed by atoms with Crippen LogP contribution in [0.15, 0.2) is 22.7 Å². The molecule has 0 bridgehead atoms. The normalized spacial score (nSPS) is 12.5. The molecule has 0 fully saturated rings. The molecule has 23 heavy (non-hydrogen) atoms. The Hall–Kier alpha value is -2.50. The van der Waals surface area contributed by atoms with E-state index in [0.29, 0.717) is 25.3 Å². The first-order chi connectivity index (χ1) is 11.1. The van der Waals surface area contributed by atoms with E-state index in [1.54, 1.807) is 0 Å². The van der Waals surface area contributed by atoms with Crippen LogP contribution in [0.1, 0.15) is 29.5 Å². The summed E-state index contributed by atoms with van der Waals surface area (Å²) < 4.78 is 15.8. The van der Waals surface area contributed by atoms with Gasteiger partial charge in [-0.15, -0.1) is 0 Å². The van der Waals surface area contributed by atoms with Gasteiger partial charge in [-0.1, -0.05) is 11.2 Å². The van der Waals surface area contributed by atoms with Gasteiger partial charge in [0.15, 0.2) is 11.5 Å². The number of amides is 1. The maximum absolute atomic E-state index is 12.6. The summed E-state index contributed by atoms with van der Waals surface area (Å²) in [5.74, 6) is 2.24. The van der Waals surface area contributed by atoms with Crippen molar-refractivity contribution in [3.8, 4) is 11.5 Å². The fourth-order valence-electron chi connectivity index (χ4n) is 2.65. The Labute approximate surface area is 135 Å². The van der Waals surface area contributed by atoms with Crippen LogP contribution < -0.4 is 9.47 Å². The average Bonchev–Trinajstić information content (AvgIpc) is 3.13. The van der Waals surface area contributed by atoms with Crippen molar-refractivity contribution in [3.63, 3.8) is 0 Å². The molecular weight excluding hydrogens is 296 g/mol. The number of rotatable bonds is 5. The van der Waals surface area contributed by atoms with E-state index in [0.717, 1.165) is 28.3 Å². The number of nitrogens with zero attached hydrogens (tertiary/aromatic N) is 2. The van der Waals surface area contributed by atoms with Crippen LogP contribution in [0.4, 0.5) is 0 Å². The highest BCUT2D eigenvalue weighted by Crippen LogP contribution is 2.32. The van der Waals surface area contributed by atoms with Gasteiger partial charge in [0.1, 0.15) is 5.76 Å². The van der Waals surface area contributed by atoms with Gasteiger partial charge in [-0.25, -0.2) is 0 Å². The number of hydrogen-bond acceptors (Lipinski definition) is 5. The second-order valence-electron chi connectivity index (χ2n) is 5.58. The molecule has 0 aliphatic carbocycles. The molecule has 0 saturated carbocycles. The van der Waals surface area contributed by atoms with Crippen LogP contribution in [0.5, 0.6) is 11.5 Å². The summed E-state index contributed by atoms with van der Waals surface area (Å²) in [7, 11) is 0. The lowest BCUT2D eigenvalue weighted by molar-refractivity contribution is -0.130. The molecule has 1 aliphatic heterocycles. The molecule has 6 heteroatoms.